The Bertz CT molecular complexity index is 456. The van der Waals surface area contributed by atoms with Gasteiger partial charge in [-0.05, 0) is 37.8 Å². The maximum absolute atomic E-state index is 10.3. The summed E-state index contributed by atoms with van der Waals surface area (Å²) in [6, 6.07) is 10.5. The minimum atomic E-state index is -0.0663. The van der Waals surface area contributed by atoms with Crippen LogP contribution in [-0.4, -0.2) is 35.7 Å². The molecule has 1 N–H and O–H groups in total. The van der Waals surface area contributed by atoms with Crippen LogP contribution in [0.5, 0.6) is 0 Å². The number of hydrogen-bond acceptors (Lipinski definition) is 2. The molecule has 1 aromatic carbocycles. The summed E-state index contributed by atoms with van der Waals surface area (Å²) >= 11 is 0. The van der Waals surface area contributed by atoms with Crippen molar-refractivity contribution in [1.29, 1.82) is 0 Å². The molecule has 2 aliphatic rings. The molecule has 1 saturated heterocycles. The van der Waals surface area contributed by atoms with E-state index in [1.165, 1.54) is 37.8 Å². The molecule has 2 atom stereocenters. The highest BCUT2D eigenvalue weighted by Gasteiger charge is 2.44. The molecule has 2 fully saturated rings. The van der Waals surface area contributed by atoms with Gasteiger partial charge in [0.15, 0.2) is 0 Å². The van der Waals surface area contributed by atoms with E-state index < -0.39 is 0 Å². The van der Waals surface area contributed by atoms with Crippen LogP contribution in [0.25, 0.3) is 6.08 Å². The van der Waals surface area contributed by atoms with Crippen LogP contribution in [0.15, 0.2) is 36.4 Å². The summed E-state index contributed by atoms with van der Waals surface area (Å²) in [5.41, 5.74) is 1.47. The van der Waals surface area contributed by atoms with Crippen molar-refractivity contribution in [2.75, 3.05) is 19.6 Å². The van der Waals surface area contributed by atoms with E-state index in [1.54, 1.807) is 0 Å². The number of rotatable bonds is 3. The number of aliphatic hydroxyl groups is 1. The Balaban J connectivity index is 1.57. The van der Waals surface area contributed by atoms with Crippen LogP contribution in [-0.2, 0) is 0 Å². The van der Waals surface area contributed by atoms with Crippen LogP contribution in [0.3, 0.4) is 0 Å². The molecule has 0 amide bonds. The molecular weight excluding hydrogens is 246 g/mol. The molecule has 0 unspecified atom stereocenters. The van der Waals surface area contributed by atoms with Crippen molar-refractivity contribution in [2.24, 2.45) is 5.41 Å². The van der Waals surface area contributed by atoms with E-state index >= 15 is 0 Å². The average Bonchev–Trinajstić information content (AvgIpc) is 2.81. The van der Waals surface area contributed by atoms with Crippen molar-refractivity contribution in [3.05, 3.63) is 42.0 Å². The largest absolute Gasteiger partial charge is 0.393 e. The third-order valence-electron chi connectivity index (χ3n) is 5.02. The highest BCUT2D eigenvalue weighted by atomic mass is 16.3. The second-order valence-electron chi connectivity index (χ2n) is 6.42. The lowest BCUT2D eigenvalue weighted by atomic mass is 9.77. The Kier molecular flexibility index (Phi) is 4.23. The second kappa shape index (κ2) is 6.11. The normalized spacial score (nSPS) is 31.4. The maximum atomic E-state index is 10.3. The Labute approximate surface area is 122 Å². The molecule has 1 heterocycles. The number of hydrogen-bond donors (Lipinski definition) is 1. The van der Waals surface area contributed by atoms with Crippen molar-refractivity contribution >= 4 is 6.08 Å². The van der Waals surface area contributed by atoms with Gasteiger partial charge in [0.05, 0.1) is 6.10 Å². The fraction of sp³-hybridized carbons (Fsp3) is 0.556. The molecular formula is C18H25NO. The first-order valence-corrected chi connectivity index (χ1v) is 7.91. The Morgan fingerprint density at radius 3 is 2.75 bits per heavy atom. The monoisotopic (exact) mass is 271 g/mol. The fourth-order valence-electron chi connectivity index (χ4n) is 3.91. The van der Waals surface area contributed by atoms with E-state index in [4.69, 9.17) is 0 Å². The summed E-state index contributed by atoms with van der Waals surface area (Å²) in [5.74, 6) is 0. The number of nitrogens with zero attached hydrogens (tertiary/aromatic N) is 1. The van der Waals surface area contributed by atoms with Gasteiger partial charge in [0.1, 0.15) is 0 Å². The van der Waals surface area contributed by atoms with Crippen molar-refractivity contribution in [3.8, 4) is 0 Å². The molecule has 0 radical (unpaired) electrons. The second-order valence-corrected chi connectivity index (χ2v) is 6.42. The standard InChI is InChI=1S/C18H25NO/c20-17-10-4-11-18(17)12-6-14-19(15-18)13-5-9-16-7-2-1-3-8-16/h1-3,5,7-9,17,20H,4,6,10-15H2/t17-,18+/m1/s1. The number of piperidine rings is 1. The SMILES string of the molecule is O[C@@H]1CCC[C@@]12CCCN(CC=Cc1ccccc1)C2. The van der Waals surface area contributed by atoms with E-state index in [0.29, 0.717) is 0 Å². The van der Waals surface area contributed by atoms with Gasteiger partial charge in [0.2, 0.25) is 0 Å². The first kappa shape index (κ1) is 13.8. The Morgan fingerprint density at radius 2 is 2.00 bits per heavy atom. The van der Waals surface area contributed by atoms with Gasteiger partial charge in [-0.2, -0.15) is 0 Å². The van der Waals surface area contributed by atoms with E-state index in [9.17, 15) is 5.11 Å². The van der Waals surface area contributed by atoms with Gasteiger partial charge in [-0.1, -0.05) is 48.9 Å². The predicted octanol–water partition coefficient (Wildman–Crippen LogP) is 3.33. The van der Waals surface area contributed by atoms with Crippen LogP contribution in [0.1, 0.15) is 37.7 Å². The average molecular weight is 271 g/mol. The summed E-state index contributed by atoms with van der Waals surface area (Å²) in [6.07, 6.45) is 10.3. The first-order chi connectivity index (χ1) is 9.78. The van der Waals surface area contributed by atoms with Gasteiger partial charge in [-0.15, -0.1) is 0 Å². The maximum Gasteiger partial charge on any atom is 0.0608 e. The van der Waals surface area contributed by atoms with E-state index in [1.807, 2.05) is 6.07 Å². The van der Waals surface area contributed by atoms with Crippen molar-refractivity contribution in [1.82, 2.24) is 4.90 Å². The summed E-state index contributed by atoms with van der Waals surface area (Å²) in [7, 11) is 0. The molecule has 1 saturated carbocycles. The molecule has 1 aromatic rings. The smallest absolute Gasteiger partial charge is 0.0608 e. The highest BCUT2D eigenvalue weighted by Crippen LogP contribution is 2.44. The van der Waals surface area contributed by atoms with Crippen molar-refractivity contribution in [3.63, 3.8) is 0 Å². The zero-order valence-corrected chi connectivity index (χ0v) is 12.2. The van der Waals surface area contributed by atoms with Crippen LogP contribution in [0, 0.1) is 5.41 Å². The molecule has 0 bridgehead atoms. The summed E-state index contributed by atoms with van der Waals surface area (Å²) in [6.45, 7) is 3.25. The van der Waals surface area contributed by atoms with Crippen LogP contribution in [0.4, 0.5) is 0 Å². The summed E-state index contributed by atoms with van der Waals surface area (Å²) in [5, 5.41) is 10.3. The Morgan fingerprint density at radius 1 is 1.20 bits per heavy atom. The summed E-state index contributed by atoms with van der Waals surface area (Å²) < 4.78 is 0. The minimum Gasteiger partial charge on any atom is -0.393 e. The molecule has 3 rings (SSSR count). The zero-order chi connectivity index (χ0) is 13.8. The lowest BCUT2D eigenvalue weighted by Crippen LogP contribution is -2.47. The molecule has 2 nitrogen and oxygen atoms in total. The molecule has 1 aliphatic carbocycles. The number of likely N-dealkylation sites (tertiary alicyclic amines) is 1. The fourth-order valence-corrected chi connectivity index (χ4v) is 3.91. The van der Waals surface area contributed by atoms with Crippen molar-refractivity contribution < 1.29 is 5.11 Å². The van der Waals surface area contributed by atoms with E-state index in [2.05, 4.69) is 41.3 Å². The molecule has 1 aliphatic heterocycles. The van der Waals surface area contributed by atoms with Gasteiger partial charge in [0.25, 0.3) is 0 Å². The molecule has 1 spiro atoms. The third-order valence-corrected chi connectivity index (χ3v) is 5.02. The Hall–Kier alpha value is -1.12. The molecule has 2 heteroatoms. The molecule has 20 heavy (non-hydrogen) atoms. The topological polar surface area (TPSA) is 23.5 Å². The van der Waals surface area contributed by atoms with E-state index in [0.717, 1.165) is 19.5 Å². The van der Waals surface area contributed by atoms with Gasteiger partial charge >= 0.3 is 0 Å². The van der Waals surface area contributed by atoms with Gasteiger partial charge in [-0.3, -0.25) is 4.90 Å². The minimum absolute atomic E-state index is 0.0663. The lowest BCUT2D eigenvalue weighted by Gasteiger charge is -2.42. The van der Waals surface area contributed by atoms with Crippen LogP contribution < -0.4 is 0 Å². The number of benzene rings is 1. The van der Waals surface area contributed by atoms with E-state index in [-0.39, 0.29) is 11.5 Å². The summed E-state index contributed by atoms with van der Waals surface area (Å²) in [4.78, 5) is 2.51. The molecule has 0 aromatic heterocycles. The van der Waals surface area contributed by atoms with Crippen LogP contribution in [0.2, 0.25) is 0 Å². The number of aliphatic hydroxyl groups excluding tert-OH is 1. The third kappa shape index (κ3) is 2.97. The predicted molar refractivity (Wildman–Crippen MR) is 83.4 cm³/mol. The lowest BCUT2D eigenvalue weighted by molar-refractivity contribution is -0.00596. The highest BCUT2D eigenvalue weighted by molar-refractivity contribution is 5.48. The first-order valence-electron chi connectivity index (χ1n) is 7.91. The van der Waals surface area contributed by atoms with Gasteiger partial charge in [0, 0.05) is 18.5 Å². The van der Waals surface area contributed by atoms with Crippen molar-refractivity contribution in [2.45, 2.75) is 38.2 Å². The van der Waals surface area contributed by atoms with Crippen LogP contribution >= 0.6 is 0 Å². The molecule has 108 valence electrons. The zero-order valence-electron chi connectivity index (χ0n) is 12.2. The van der Waals surface area contributed by atoms with Gasteiger partial charge < -0.3 is 5.11 Å². The van der Waals surface area contributed by atoms with Gasteiger partial charge in [-0.25, -0.2) is 0 Å². The quantitative estimate of drug-likeness (QED) is 0.911.